The number of carbonyl (C=O) groups excluding carboxylic acids is 2. The summed E-state index contributed by atoms with van der Waals surface area (Å²) in [5.41, 5.74) is 1.57. The largest absolute Gasteiger partial charge is 0.496 e. The van der Waals surface area contributed by atoms with E-state index in [0.717, 1.165) is 9.13 Å². The summed E-state index contributed by atoms with van der Waals surface area (Å²) in [6.07, 6.45) is -0.0562. The molecular formula is C19H18INO5. The van der Waals surface area contributed by atoms with Gasteiger partial charge in [-0.1, -0.05) is 11.6 Å². The Morgan fingerprint density at radius 2 is 1.81 bits per heavy atom. The molecule has 0 unspecified atom stereocenters. The first-order valence-corrected chi connectivity index (χ1v) is 8.90. The summed E-state index contributed by atoms with van der Waals surface area (Å²) < 4.78 is 5.94. The molecule has 0 aromatic heterocycles. The Morgan fingerprint density at radius 1 is 1.08 bits per heavy atom. The molecule has 2 rings (SSSR count). The molecule has 2 N–H and O–H groups in total. The topological polar surface area (TPSA) is 92.7 Å². The molecule has 0 aliphatic rings. The van der Waals surface area contributed by atoms with Crippen molar-refractivity contribution < 1.29 is 24.2 Å². The van der Waals surface area contributed by atoms with Crippen molar-refractivity contribution >= 4 is 45.9 Å². The zero-order chi connectivity index (χ0) is 19.3. The highest BCUT2D eigenvalue weighted by Crippen LogP contribution is 2.22. The molecule has 0 bridgehead atoms. The molecular weight excluding hydrogens is 449 g/mol. The van der Waals surface area contributed by atoms with Crippen molar-refractivity contribution in [2.75, 3.05) is 12.4 Å². The molecule has 0 saturated heterocycles. The van der Waals surface area contributed by atoms with Gasteiger partial charge in [-0.2, -0.15) is 0 Å². The lowest BCUT2D eigenvalue weighted by Crippen LogP contribution is -2.16. The molecule has 0 heterocycles. The fraction of sp³-hybridized carbons (Fsp3) is 0.211. The minimum atomic E-state index is -1.13. The lowest BCUT2D eigenvalue weighted by atomic mass is 10.0. The van der Waals surface area contributed by atoms with E-state index in [2.05, 4.69) is 5.32 Å². The van der Waals surface area contributed by atoms with Gasteiger partial charge >= 0.3 is 5.97 Å². The van der Waals surface area contributed by atoms with Crippen molar-refractivity contribution in [2.24, 2.45) is 0 Å². The van der Waals surface area contributed by atoms with Gasteiger partial charge in [0.15, 0.2) is 5.78 Å². The van der Waals surface area contributed by atoms with Gasteiger partial charge in [-0.3, -0.25) is 9.59 Å². The van der Waals surface area contributed by atoms with Crippen molar-refractivity contribution in [3.05, 3.63) is 56.7 Å². The van der Waals surface area contributed by atoms with Crippen molar-refractivity contribution in [3.8, 4) is 5.75 Å². The number of ketones is 1. The van der Waals surface area contributed by atoms with Gasteiger partial charge in [-0.15, -0.1) is 0 Å². The van der Waals surface area contributed by atoms with Crippen molar-refractivity contribution in [1.29, 1.82) is 0 Å². The number of rotatable bonds is 7. The monoisotopic (exact) mass is 467 g/mol. The van der Waals surface area contributed by atoms with Crippen LogP contribution in [0, 0.1) is 10.5 Å². The Bertz CT molecular complexity index is 863. The zero-order valence-corrected chi connectivity index (χ0v) is 16.5. The summed E-state index contributed by atoms with van der Waals surface area (Å²) in [5, 5.41) is 11.8. The molecule has 0 aliphatic carbocycles. The number of methoxy groups -OCH3 is 1. The highest BCUT2D eigenvalue weighted by atomic mass is 127. The number of ether oxygens (including phenoxy) is 1. The quantitative estimate of drug-likeness (QED) is 0.476. The first-order valence-electron chi connectivity index (χ1n) is 7.82. The molecule has 0 aliphatic heterocycles. The Morgan fingerprint density at radius 3 is 2.46 bits per heavy atom. The van der Waals surface area contributed by atoms with E-state index in [1.807, 2.05) is 35.6 Å². The van der Waals surface area contributed by atoms with Gasteiger partial charge in [0.1, 0.15) is 5.75 Å². The van der Waals surface area contributed by atoms with E-state index in [0.29, 0.717) is 11.3 Å². The van der Waals surface area contributed by atoms with Crippen LogP contribution in [0.4, 0.5) is 5.69 Å². The highest BCUT2D eigenvalue weighted by Gasteiger charge is 2.16. The predicted molar refractivity (Wildman–Crippen MR) is 106 cm³/mol. The second kappa shape index (κ2) is 8.79. The summed E-state index contributed by atoms with van der Waals surface area (Å²) >= 11 is 2.00. The van der Waals surface area contributed by atoms with E-state index >= 15 is 0 Å². The summed E-state index contributed by atoms with van der Waals surface area (Å²) in [4.78, 5) is 35.8. The molecule has 2 aromatic rings. The molecule has 26 heavy (non-hydrogen) atoms. The number of carboxylic acid groups (broad SMARTS) is 1. The molecule has 0 atom stereocenters. The first-order chi connectivity index (χ1) is 12.3. The SMILES string of the molecule is COc1ccc(C)cc1C(=O)CCC(=O)Nc1ccc(I)cc1C(=O)O. The fourth-order valence-corrected chi connectivity index (χ4v) is 2.91. The maximum atomic E-state index is 12.4. The number of Topliss-reactive ketones (excluding diaryl/α,β-unsaturated/α-hetero) is 1. The van der Waals surface area contributed by atoms with Gasteiger partial charge in [0.25, 0.3) is 0 Å². The number of halogens is 1. The number of carboxylic acids is 1. The molecule has 0 radical (unpaired) electrons. The van der Waals surface area contributed by atoms with Crippen LogP contribution in [0.25, 0.3) is 0 Å². The van der Waals surface area contributed by atoms with Crippen LogP contribution >= 0.6 is 22.6 Å². The summed E-state index contributed by atoms with van der Waals surface area (Å²) in [7, 11) is 1.48. The third-order valence-corrected chi connectivity index (χ3v) is 4.39. The van der Waals surface area contributed by atoms with E-state index in [9.17, 15) is 19.5 Å². The van der Waals surface area contributed by atoms with E-state index in [1.165, 1.54) is 19.2 Å². The van der Waals surface area contributed by atoms with Gasteiger partial charge in [0, 0.05) is 16.4 Å². The fourth-order valence-electron chi connectivity index (χ4n) is 2.42. The molecule has 7 heteroatoms. The first kappa shape index (κ1) is 19.9. The number of benzene rings is 2. The number of aromatic carboxylic acids is 1. The van der Waals surface area contributed by atoms with E-state index in [-0.39, 0.29) is 29.9 Å². The van der Waals surface area contributed by atoms with E-state index in [1.54, 1.807) is 18.2 Å². The second-order valence-electron chi connectivity index (χ2n) is 5.67. The second-order valence-corrected chi connectivity index (χ2v) is 6.92. The minimum absolute atomic E-state index is 0.00157. The average Bonchev–Trinajstić information content (AvgIpc) is 2.61. The Kier molecular flexibility index (Phi) is 6.73. The van der Waals surface area contributed by atoms with Crippen LogP contribution in [0.3, 0.4) is 0 Å². The number of amides is 1. The predicted octanol–water partition coefficient (Wildman–Crippen LogP) is 3.91. The molecule has 0 saturated carbocycles. The van der Waals surface area contributed by atoms with Crippen molar-refractivity contribution in [1.82, 2.24) is 0 Å². The number of anilines is 1. The molecule has 1 amide bonds. The minimum Gasteiger partial charge on any atom is -0.496 e. The lowest BCUT2D eigenvalue weighted by Gasteiger charge is -2.10. The molecule has 136 valence electrons. The van der Waals surface area contributed by atoms with Crippen LogP contribution in [0.1, 0.15) is 39.1 Å². The Hall–Kier alpha value is -2.42. The van der Waals surface area contributed by atoms with E-state index in [4.69, 9.17) is 4.74 Å². The maximum Gasteiger partial charge on any atom is 0.337 e. The molecule has 0 spiro atoms. The third-order valence-electron chi connectivity index (χ3n) is 3.72. The highest BCUT2D eigenvalue weighted by molar-refractivity contribution is 14.1. The van der Waals surface area contributed by atoms with Crippen LogP contribution in [0.2, 0.25) is 0 Å². The Labute approximate surface area is 164 Å². The normalized spacial score (nSPS) is 10.3. The van der Waals surface area contributed by atoms with Crippen molar-refractivity contribution in [2.45, 2.75) is 19.8 Å². The van der Waals surface area contributed by atoms with Crippen LogP contribution < -0.4 is 10.1 Å². The smallest absolute Gasteiger partial charge is 0.337 e. The molecule has 6 nitrogen and oxygen atoms in total. The van der Waals surface area contributed by atoms with E-state index < -0.39 is 11.9 Å². The van der Waals surface area contributed by atoms with Crippen LogP contribution in [-0.4, -0.2) is 29.9 Å². The number of hydrogen-bond donors (Lipinski definition) is 2. The number of carbonyl (C=O) groups is 3. The summed E-state index contributed by atoms with van der Waals surface area (Å²) in [6.45, 7) is 1.87. The van der Waals surface area contributed by atoms with Gasteiger partial charge < -0.3 is 15.2 Å². The van der Waals surface area contributed by atoms with Crippen LogP contribution in [0.5, 0.6) is 5.75 Å². The molecule has 0 fully saturated rings. The standard InChI is InChI=1S/C19H18INO5/c1-11-3-7-17(26-2)14(9-11)16(22)6-8-18(23)21-15-5-4-12(20)10-13(15)19(24)25/h3-5,7,9-10H,6,8H2,1-2H3,(H,21,23)(H,24,25). The maximum absolute atomic E-state index is 12.4. The average molecular weight is 467 g/mol. The number of nitrogens with one attached hydrogen (secondary N) is 1. The van der Waals surface area contributed by atoms with Crippen molar-refractivity contribution in [3.63, 3.8) is 0 Å². The number of hydrogen-bond acceptors (Lipinski definition) is 4. The van der Waals surface area contributed by atoms with Crippen LogP contribution in [0.15, 0.2) is 36.4 Å². The summed E-state index contributed by atoms with van der Waals surface area (Å²) in [6, 6.07) is 9.99. The lowest BCUT2D eigenvalue weighted by molar-refractivity contribution is -0.116. The van der Waals surface area contributed by atoms with Gasteiger partial charge in [-0.25, -0.2) is 4.79 Å². The molecule has 2 aromatic carbocycles. The zero-order valence-electron chi connectivity index (χ0n) is 14.3. The number of aryl methyl sites for hydroxylation is 1. The van der Waals surface area contributed by atoms with Gasteiger partial charge in [0.2, 0.25) is 5.91 Å². The van der Waals surface area contributed by atoms with Gasteiger partial charge in [0.05, 0.1) is 23.9 Å². The van der Waals surface area contributed by atoms with Crippen LogP contribution in [-0.2, 0) is 4.79 Å². The Balaban J connectivity index is 2.05. The summed E-state index contributed by atoms with van der Waals surface area (Å²) in [5.74, 6) is -1.29. The van der Waals surface area contributed by atoms with Gasteiger partial charge in [-0.05, 0) is 59.8 Å². The third kappa shape index (κ3) is 5.04.